The number of amides is 1. The van der Waals surface area contributed by atoms with Crippen LogP contribution in [0.25, 0.3) is 0 Å². The van der Waals surface area contributed by atoms with Gasteiger partial charge < -0.3 is 10.6 Å². The molecule has 0 radical (unpaired) electrons. The van der Waals surface area contributed by atoms with Gasteiger partial charge in [-0.25, -0.2) is 0 Å². The summed E-state index contributed by atoms with van der Waals surface area (Å²) < 4.78 is 34.3. The molecule has 0 fully saturated rings. The van der Waals surface area contributed by atoms with Gasteiger partial charge in [0.05, 0.1) is 0 Å². The summed E-state index contributed by atoms with van der Waals surface area (Å²) in [5, 5.41) is 4.29. The van der Waals surface area contributed by atoms with Crippen LogP contribution in [0.3, 0.4) is 0 Å². The molecule has 0 atom stereocenters. The van der Waals surface area contributed by atoms with Crippen LogP contribution in [0.15, 0.2) is 0 Å². The van der Waals surface area contributed by atoms with Crippen molar-refractivity contribution in [2.75, 3.05) is 20.1 Å². The molecule has 0 aliphatic rings. The zero-order valence-corrected chi connectivity index (χ0v) is 7.96. The monoisotopic (exact) mass is 200 g/mol. The number of hydrogen-bond acceptors (Lipinski definition) is 2. The number of nitrogens with one attached hydrogen (secondary N) is 2. The maximum Gasteiger partial charge on any atom is 0.471 e. The minimum Gasteiger partial charge on any atom is -0.347 e. The smallest absolute Gasteiger partial charge is 0.347 e. The summed E-state index contributed by atoms with van der Waals surface area (Å²) >= 11 is 0. The predicted octanol–water partition coefficient (Wildman–Crippen LogP) is 0.910. The van der Waals surface area contributed by atoms with E-state index in [2.05, 4.69) is 5.32 Å². The first-order chi connectivity index (χ1) is 5.98. The molecule has 6 heteroatoms. The number of alkyl halides is 3. The van der Waals surface area contributed by atoms with Gasteiger partial charge >= 0.3 is 12.1 Å². The van der Waals surface area contributed by atoms with Crippen molar-refractivity contribution in [3.05, 3.63) is 0 Å². The lowest BCUT2D eigenvalue weighted by atomic mass is 10.5. The number of rotatable bonds is 3. The first-order valence-corrected chi connectivity index (χ1v) is 3.98. The van der Waals surface area contributed by atoms with E-state index in [1.807, 2.05) is 13.8 Å². The Morgan fingerprint density at radius 2 is 1.69 bits per heavy atom. The first-order valence-electron chi connectivity index (χ1n) is 3.98. The molecule has 0 aromatic heterocycles. The molecule has 0 heterocycles. The van der Waals surface area contributed by atoms with Crippen LogP contribution in [-0.2, 0) is 4.79 Å². The molecule has 1 amide bonds. The zero-order chi connectivity index (χ0) is 10.9. The van der Waals surface area contributed by atoms with Gasteiger partial charge in [-0.3, -0.25) is 4.79 Å². The molecule has 2 N–H and O–H groups in total. The second-order valence-electron chi connectivity index (χ2n) is 1.86. The summed E-state index contributed by atoms with van der Waals surface area (Å²) in [4.78, 5) is 10.1. The van der Waals surface area contributed by atoms with Crippen LogP contribution in [0.1, 0.15) is 13.8 Å². The fourth-order valence-corrected chi connectivity index (χ4v) is 0.401. The molecular weight excluding hydrogens is 185 g/mol. The van der Waals surface area contributed by atoms with Crippen LogP contribution in [0.4, 0.5) is 13.2 Å². The van der Waals surface area contributed by atoms with Crippen molar-refractivity contribution >= 4 is 5.91 Å². The lowest BCUT2D eigenvalue weighted by molar-refractivity contribution is -0.173. The van der Waals surface area contributed by atoms with Crippen molar-refractivity contribution in [2.45, 2.75) is 20.0 Å². The fourth-order valence-electron chi connectivity index (χ4n) is 0.401. The number of carbonyl (C=O) groups is 1. The van der Waals surface area contributed by atoms with Gasteiger partial charge in [0.25, 0.3) is 0 Å². The largest absolute Gasteiger partial charge is 0.471 e. The van der Waals surface area contributed by atoms with Crippen LogP contribution in [-0.4, -0.2) is 32.2 Å². The van der Waals surface area contributed by atoms with Gasteiger partial charge in [-0.2, -0.15) is 13.2 Å². The van der Waals surface area contributed by atoms with Crippen LogP contribution in [0.5, 0.6) is 0 Å². The van der Waals surface area contributed by atoms with E-state index >= 15 is 0 Å². The summed E-state index contributed by atoms with van der Waals surface area (Å²) in [6.45, 7) is 4.30. The Hall–Kier alpha value is -0.780. The van der Waals surface area contributed by atoms with Crippen molar-refractivity contribution in [1.82, 2.24) is 10.6 Å². The molecule has 0 saturated heterocycles. The summed E-state index contributed by atoms with van der Waals surface area (Å²) in [7, 11) is 1.58. The second kappa shape index (κ2) is 7.85. The Kier molecular flexibility index (Phi) is 8.89. The van der Waals surface area contributed by atoms with Gasteiger partial charge in [0.15, 0.2) is 0 Å². The van der Waals surface area contributed by atoms with E-state index in [-0.39, 0.29) is 6.54 Å². The van der Waals surface area contributed by atoms with Crippen LogP contribution in [0, 0.1) is 0 Å². The Balaban J connectivity index is 0. The molecule has 0 bridgehead atoms. The number of likely N-dealkylation sites (N-methyl/N-ethyl adjacent to an activating group) is 1. The quantitative estimate of drug-likeness (QED) is 0.665. The molecule has 0 aliphatic carbocycles. The SMILES string of the molecule is CC.CNCCNC(=O)C(F)(F)F. The van der Waals surface area contributed by atoms with Gasteiger partial charge in [0, 0.05) is 13.1 Å². The average molecular weight is 200 g/mol. The van der Waals surface area contributed by atoms with Gasteiger partial charge in [0.1, 0.15) is 0 Å². The summed E-state index contributed by atoms with van der Waals surface area (Å²) in [6.07, 6.45) is -4.77. The summed E-state index contributed by atoms with van der Waals surface area (Å²) in [5.74, 6) is -1.90. The molecular formula is C7H15F3N2O. The zero-order valence-electron chi connectivity index (χ0n) is 7.96. The minimum absolute atomic E-state index is 0.0190. The Morgan fingerprint density at radius 3 is 2.00 bits per heavy atom. The number of halogens is 3. The molecule has 0 spiro atoms. The Morgan fingerprint density at radius 1 is 1.23 bits per heavy atom. The van der Waals surface area contributed by atoms with Crippen molar-refractivity contribution in [2.24, 2.45) is 0 Å². The first kappa shape index (κ1) is 14.7. The third-order valence-corrected chi connectivity index (χ3v) is 0.918. The predicted molar refractivity (Wildman–Crippen MR) is 44.3 cm³/mol. The van der Waals surface area contributed by atoms with Crippen molar-refractivity contribution in [3.8, 4) is 0 Å². The van der Waals surface area contributed by atoms with Crippen molar-refractivity contribution < 1.29 is 18.0 Å². The minimum atomic E-state index is -4.77. The van der Waals surface area contributed by atoms with Crippen LogP contribution in [0.2, 0.25) is 0 Å². The molecule has 0 unspecified atom stereocenters. The highest BCUT2D eigenvalue weighted by atomic mass is 19.4. The maximum atomic E-state index is 11.4. The Labute approximate surface area is 75.7 Å². The van der Waals surface area contributed by atoms with E-state index in [4.69, 9.17) is 0 Å². The molecule has 0 rings (SSSR count). The maximum absolute atomic E-state index is 11.4. The molecule has 0 saturated carbocycles. The fraction of sp³-hybridized carbons (Fsp3) is 0.857. The highest BCUT2D eigenvalue weighted by molar-refractivity contribution is 5.81. The third-order valence-electron chi connectivity index (χ3n) is 0.918. The Bertz CT molecular complexity index is 136. The molecule has 0 aromatic carbocycles. The molecule has 0 aliphatic heterocycles. The molecule has 13 heavy (non-hydrogen) atoms. The van der Waals surface area contributed by atoms with E-state index in [1.54, 1.807) is 12.4 Å². The van der Waals surface area contributed by atoms with Crippen molar-refractivity contribution in [3.63, 3.8) is 0 Å². The van der Waals surface area contributed by atoms with Gasteiger partial charge in [-0.1, -0.05) is 13.8 Å². The standard InChI is InChI=1S/C5H9F3N2O.C2H6/c1-9-2-3-10-4(11)5(6,7)8;1-2/h9H,2-3H2,1H3,(H,10,11);1-2H3. The third kappa shape index (κ3) is 9.13. The lowest BCUT2D eigenvalue weighted by Gasteiger charge is -2.06. The van der Waals surface area contributed by atoms with E-state index in [1.165, 1.54) is 0 Å². The van der Waals surface area contributed by atoms with Gasteiger partial charge in [-0.15, -0.1) is 0 Å². The molecule has 80 valence electrons. The normalized spacial score (nSPS) is 10.0. The highest BCUT2D eigenvalue weighted by Crippen LogP contribution is 2.13. The van der Waals surface area contributed by atoms with E-state index in [0.29, 0.717) is 6.54 Å². The summed E-state index contributed by atoms with van der Waals surface area (Å²) in [6, 6.07) is 0. The highest BCUT2D eigenvalue weighted by Gasteiger charge is 2.37. The van der Waals surface area contributed by atoms with Gasteiger partial charge in [-0.05, 0) is 7.05 Å². The van der Waals surface area contributed by atoms with Crippen LogP contribution >= 0.6 is 0 Å². The molecule has 0 aromatic rings. The topological polar surface area (TPSA) is 41.1 Å². The number of carbonyl (C=O) groups excluding carboxylic acids is 1. The van der Waals surface area contributed by atoms with E-state index in [0.717, 1.165) is 0 Å². The van der Waals surface area contributed by atoms with E-state index in [9.17, 15) is 18.0 Å². The average Bonchev–Trinajstić information content (AvgIpc) is 2.07. The van der Waals surface area contributed by atoms with E-state index < -0.39 is 12.1 Å². The number of hydrogen-bond donors (Lipinski definition) is 2. The lowest BCUT2D eigenvalue weighted by Crippen LogP contribution is -2.39. The molecule has 3 nitrogen and oxygen atoms in total. The van der Waals surface area contributed by atoms with Crippen LogP contribution < -0.4 is 10.6 Å². The van der Waals surface area contributed by atoms with Gasteiger partial charge in [0.2, 0.25) is 0 Å². The summed E-state index contributed by atoms with van der Waals surface area (Å²) in [5.41, 5.74) is 0. The van der Waals surface area contributed by atoms with Crippen molar-refractivity contribution in [1.29, 1.82) is 0 Å². The second-order valence-corrected chi connectivity index (χ2v) is 1.86.